The van der Waals surface area contributed by atoms with Crippen molar-refractivity contribution in [2.24, 2.45) is 0 Å². The van der Waals surface area contributed by atoms with Crippen LogP contribution < -0.4 is 15.0 Å². The molecule has 0 bridgehead atoms. The van der Waals surface area contributed by atoms with Crippen LogP contribution in [0.4, 0.5) is 37.0 Å². The van der Waals surface area contributed by atoms with E-state index in [4.69, 9.17) is 9.47 Å². The molecule has 48 heavy (non-hydrogen) atoms. The first kappa shape index (κ1) is 36.9. The number of rotatable bonds is 7. The summed E-state index contributed by atoms with van der Waals surface area (Å²) >= 11 is 0. The molecule has 1 saturated heterocycles. The van der Waals surface area contributed by atoms with Crippen molar-refractivity contribution in [2.75, 3.05) is 44.8 Å². The minimum atomic E-state index is -4.95. The number of hydrogen-bond donors (Lipinski definition) is 1. The third kappa shape index (κ3) is 10.5. The number of benzene rings is 1. The van der Waals surface area contributed by atoms with Crippen LogP contribution in [0.2, 0.25) is 0 Å². The maximum Gasteiger partial charge on any atom is 0.575 e. The standard InChI is InChI=1S/C23H24F3N5O4.C7H4F3NO2/c1-3-35-21(32)18-12-16(13-27)20(29-19(18)23(24,25)26)30-8-10-31(11-9-30)22(33)28-14-15-4-6-17(34-2)7-5-15;8-7(9,10)13-6(12)5-2-1-3-11-4-5/h4-7,12H,3,8-11,14H2,1-2H3,(H,28,33);1-4H. The van der Waals surface area contributed by atoms with E-state index in [9.17, 15) is 46.0 Å². The second-order valence-electron chi connectivity index (χ2n) is 9.64. The third-order valence-electron chi connectivity index (χ3n) is 6.46. The van der Waals surface area contributed by atoms with Crippen molar-refractivity contribution >= 4 is 23.8 Å². The normalized spacial score (nSPS) is 13.0. The highest BCUT2D eigenvalue weighted by atomic mass is 19.4. The van der Waals surface area contributed by atoms with Gasteiger partial charge in [-0.15, -0.1) is 13.2 Å². The average molecular weight is 683 g/mol. The monoisotopic (exact) mass is 682 g/mol. The van der Waals surface area contributed by atoms with Gasteiger partial charge in [-0.25, -0.2) is 19.4 Å². The lowest BCUT2D eigenvalue weighted by Gasteiger charge is -2.36. The van der Waals surface area contributed by atoms with Gasteiger partial charge in [-0.1, -0.05) is 12.1 Å². The number of carbonyl (C=O) groups excluding carboxylic acids is 3. The van der Waals surface area contributed by atoms with E-state index in [0.29, 0.717) is 12.3 Å². The highest BCUT2D eigenvalue weighted by Gasteiger charge is 2.40. The Morgan fingerprint density at radius 1 is 1.00 bits per heavy atom. The SMILES string of the molecule is CCOC(=O)c1cc(C#N)c(N2CCN(C(=O)NCc3ccc(OC)cc3)CC2)nc1C(F)(F)F.O=C(OC(F)(F)F)c1cccnc1. The topological polar surface area (TPSA) is 147 Å². The largest absolute Gasteiger partial charge is 0.575 e. The second kappa shape index (κ2) is 16.3. The Bertz CT molecular complexity index is 1610. The number of alkyl halides is 6. The number of halogens is 6. The van der Waals surface area contributed by atoms with Crippen LogP contribution in [-0.4, -0.2) is 79.1 Å². The molecule has 3 heterocycles. The molecule has 12 nitrogen and oxygen atoms in total. The lowest BCUT2D eigenvalue weighted by atomic mass is 10.1. The number of pyridine rings is 2. The number of anilines is 1. The molecule has 1 fully saturated rings. The van der Waals surface area contributed by atoms with Crippen molar-refractivity contribution in [3.05, 3.63) is 82.8 Å². The van der Waals surface area contributed by atoms with Crippen molar-refractivity contribution in [1.29, 1.82) is 5.26 Å². The highest BCUT2D eigenvalue weighted by molar-refractivity contribution is 5.92. The van der Waals surface area contributed by atoms with Crippen LogP contribution in [0.1, 0.15) is 44.5 Å². The van der Waals surface area contributed by atoms with Gasteiger partial charge in [-0.2, -0.15) is 18.4 Å². The molecule has 1 aliphatic heterocycles. The number of piperazine rings is 1. The van der Waals surface area contributed by atoms with Crippen molar-refractivity contribution in [2.45, 2.75) is 26.0 Å². The lowest BCUT2D eigenvalue weighted by molar-refractivity contribution is -0.291. The molecule has 0 radical (unpaired) electrons. The molecule has 0 aliphatic carbocycles. The molecular weight excluding hydrogens is 654 g/mol. The number of ether oxygens (including phenoxy) is 3. The maximum absolute atomic E-state index is 13.6. The Kier molecular flexibility index (Phi) is 12.5. The van der Waals surface area contributed by atoms with Gasteiger partial charge in [0.15, 0.2) is 5.69 Å². The number of nitriles is 1. The van der Waals surface area contributed by atoms with Crippen LogP contribution in [-0.2, 0) is 22.2 Å². The first-order valence-electron chi connectivity index (χ1n) is 14.0. The van der Waals surface area contributed by atoms with Crippen molar-refractivity contribution in [1.82, 2.24) is 20.2 Å². The zero-order chi connectivity index (χ0) is 35.5. The molecule has 0 saturated carbocycles. The summed E-state index contributed by atoms with van der Waals surface area (Å²) in [7, 11) is 1.56. The number of amides is 2. The number of nitrogens with zero attached hydrogens (tertiary/aromatic N) is 5. The van der Waals surface area contributed by atoms with Gasteiger partial charge in [0.2, 0.25) is 0 Å². The molecule has 3 aromatic rings. The first-order chi connectivity index (χ1) is 22.7. The molecule has 4 rings (SSSR count). The molecule has 0 atom stereocenters. The fourth-order valence-corrected chi connectivity index (χ4v) is 4.21. The molecule has 0 spiro atoms. The minimum absolute atomic E-state index is 0.123. The number of urea groups is 1. The predicted molar refractivity (Wildman–Crippen MR) is 155 cm³/mol. The molecule has 256 valence electrons. The molecule has 0 unspecified atom stereocenters. The fourth-order valence-electron chi connectivity index (χ4n) is 4.21. The van der Waals surface area contributed by atoms with Crippen LogP contribution in [0.25, 0.3) is 0 Å². The smallest absolute Gasteiger partial charge is 0.497 e. The Labute approximate surface area is 269 Å². The van der Waals surface area contributed by atoms with Crippen LogP contribution in [0, 0.1) is 11.3 Å². The number of hydrogen-bond acceptors (Lipinski definition) is 10. The predicted octanol–water partition coefficient (Wildman–Crippen LogP) is 4.95. The van der Waals surface area contributed by atoms with E-state index in [1.54, 1.807) is 19.2 Å². The van der Waals surface area contributed by atoms with Crippen LogP contribution >= 0.6 is 0 Å². The summed E-state index contributed by atoms with van der Waals surface area (Å²) in [6.07, 6.45) is -7.54. The number of aromatic nitrogens is 2. The average Bonchev–Trinajstić information content (AvgIpc) is 3.06. The number of carbonyl (C=O) groups is 3. The Hall–Kier alpha value is -5.60. The van der Waals surface area contributed by atoms with Gasteiger partial charge in [0.1, 0.15) is 17.6 Å². The van der Waals surface area contributed by atoms with Crippen LogP contribution in [0.3, 0.4) is 0 Å². The quantitative estimate of drug-likeness (QED) is 0.268. The minimum Gasteiger partial charge on any atom is -0.497 e. The second-order valence-corrected chi connectivity index (χ2v) is 9.64. The zero-order valence-electron chi connectivity index (χ0n) is 25.4. The van der Waals surface area contributed by atoms with Gasteiger partial charge < -0.3 is 29.3 Å². The first-order valence-corrected chi connectivity index (χ1v) is 14.0. The molecule has 18 heteroatoms. The van der Waals surface area contributed by atoms with Crippen LogP contribution in [0.5, 0.6) is 5.75 Å². The Morgan fingerprint density at radius 2 is 1.67 bits per heavy atom. The Morgan fingerprint density at radius 3 is 2.19 bits per heavy atom. The molecule has 1 aromatic carbocycles. The van der Waals surface area contributed by atoms with E-state index in [1.807, 2.05) is 18.2 Å². The molecule has 1 aliphatic rings. The van der Waals surface area contributed by atoms with Crippen molar-refractivity contribution in [3.8, 4) is 11.8 Å². The molecule has 2 amide bonds. The molecular formula is C30H28F6N6O6. The Balaban J connectivity index is 0.000000402. The molecule has 1 N–H and O–H groups in total. The van der Waals surface area contributed by atoms with Gasteiger partial charge >= 0.3 is 30.5 Å². The summed E-state index contributed by atoms with van der Waals surface area (Å²) in [5.74, 6) is -2.15. The summed E-state index contributed by atoms with van der Waals surface area (Å²) in [5.41, 5.74) is -1.76. The van der Waals surface area contributed by atoms with E-state index >= 15 is 0 Å². The van der Waals surface area contributed by atoms with E-state index in [1.165, 1.54) is 35.1 Å². The van der Waals surface area contributed by atoms with E-state index < -0.39 is 35.7 Å². The summed E-state index contributed by atoms with van der Waals surface area (Å²) in [6.45, 7) is 2.38. The van der Waals surface area contributed by atoms with Gasteiger partial charge in [0.25, 0.3) is 0 Å². The molecule has 2 aromatic heterocycles. The summed E-state index contributed by atoms with van der Waals surface area (Å²) in [5, 5.41) is 12.3. The van der Waals surface area contributed by atoms with Gasteiger partial charge in [-0.3, -0.25) is 4.98 Å². The number of nitrogens with one attached hydrogen (secondary N) is 1. The maximum atomic E-state index is 13.6. The highest BCUT2D eigenvalue weighted by Crippen LogP contribution is 2.34. The number of methoxy groups -OCH3 is 1. The van der Waals surface area contributed by atoms with E-state index in [0.717, 1.165) is 17.8 Å². The fraction of sp³-hybridized carbons (Fsp3) is 0.333. The van der Waals surface area contributed by atoms with Crippen molar-refractivity contribution in [3.63, 3.8) is 0 Å². The zero-order valence-corrected chi connectivity index (χ0v) is 25.4. The number of esters is 2. The van der Waals surface area contributed by atoms with E-state index in [2.05, 4.69) is 20.0 Å². The summed E-state index contributed by atoms with van der Waals surface area (Å²) in [6, 6.07) is 12.1. The summed E-state index contributed by atoms with van der Waals surface area (Å²) in [4.78, 5) is 45.4. The van der Waals surface area contributed by atoms with Gasteiger partial charge in [0, 0.05) is 45.1 Å². The van der Waals surface area contributed by atoms with Gasteiger partial charge in [-0.05, 0) is 42.8 Å². The summed E-state index contributed by atoms with van der Waals surface area (Å²) < 4.78 is 88.4. The van der Waals surface area contributed by atoms with Crippen molar-refractivity contribution < 1.29 is 54.9 Å². The third-order valence-corrected chi connectivity index (χ3v) is 6.46. The van der Waals surface area contributed by atoms with Gasteiger partial charge in [0.05, 0.1) is 30.4 Å². The van der Waals surface area contributed by atoms with E-state index in [-0.39, 0.29) is 55.8 Å². The lowest BCUT2D eigenvalue weighted by Crippen LogP contribution is -2.52. The van der Waals surface area contributed by atoms with Crippen LogP contribution in [0.15, 0.2) is 54.9 Å².